The van der Waals surface area contributed by atoms with Crippen LogP contribution in [0, 0.1) is 0 Å². The lowest BCUT2D eigenvalue weighted by atomic mass is 10.5. The maximum Gasteiger partial charge on any atom is 0.264 e. The van der Waals surface area contributed by atoms with Gasteiger partial charge in [-0.15, -0.1) is 19.7 Å². The van der Waals surface area contributed by atoms with E-state index in [9.17, 15) is 0 Å². The van der Waals surface area contributed by atoms with Crippen LogP contribution in [0.15, 0.2) is 36.8 Å². The maximum atomic E-state index is 5.67. The van der Waals surface area contributed by atoms with Crippen molar-refractivity contribution < 1.29 is 4.43 Å². The smallest absolute Gasteiger partial charge is 0.264 e. The highest BCUT2D eigenvalue weighted by Crippen LogP contribution is 2.11. The van der Waals surface area contributed by atoms with Crippen LogP contribution >= 0.6 is 0 Å². The molecule has 0 saturated carbocycles. The lowest BCUT2D eigenvalue weighted by molar-refractivity contribution is 0.243. The first-order valence-corrected chi connectivity index (χ1v) is 5.83. The molecule has 0 radical (unpaired) electrons. The summed E-state index contributed by atoms with van der Waals surface area (Å²) in [5, 5.41) is 0. The van der Waals surface area contributed by atoms with Gasteiger partial charge in [0.1, 0.15) is 0 Å². The maximum absolute atomic E-state index is 5.67. The molecule has 0 aliphatic carbocycles. The summed E-state index contributed by atoms with van der Waals surface area (Å²) in [4.78, 5) is 0. The zero-order valence-corrected chi connectivity index (χ0v) is 8.34. The summed E-state index contributed by atoms with van der Waals surface area (Å²) < 4.78 is 5.67. The normalized spacial score (nSPS) is 11.2. The molecule has 11 heavy (non-hydrogen) atoms. The summed E-state index contributed by atoms with van der Waals surface area (Å²) in [6, 6.07) is 0. The lowest BCUT2D eigenvalue weighted by Crippen LogP contribution is -2.34. The molecule has 0 aromatic heterocycles. The fourth-order valence-electron chi connectivity index (χ4n) is 0.803. The van der Waals surface area contributed by atoms with Crippen LogP contribution in [0.2, 0.25) is 0 Å². The molecule has 0 amide bonds. The van der Waals surface area contributed by atoms with Gasteiger partial charge in [0.25, 0.3) is 8.32 Å². The highest BCUT2D eigenvalue weighted by Gasteiger charge is 2.24. The summed E-state index contributed by atoms with van der Waals surface area (Å²) in [5.41, 5.74) is 5.48. The minimum absolute atomic E-state index is 0.204. The van der Waals surface area contributed by atoms with Crippen LogP contribution in [0.1, 0.15) is 13.8 Å². The number of hydrogen-bond acceptors (Lipinski definition) is 1. The molecule has 0 fully saturated rings. The Morgan fingerprint density at radius 3 is 1.55 bits per heavy atom. The Labute approximate surface area is 70.2 Å². The van der Waals surface area contributed by atoms with Crippen LogP contribution in [0.25, 0.3) is 0 Å². The molecule has 0 rings (SSSR count). The van der Waals surface area contributed by atoms with Crippen molar-refractivity contribution in [2.24, 2.45) is 0 Å². The van der Waals surface area contributed by atoms with Crippen molar-refractivity contribution in [1.29, 1.82) is 0 Å². The third kappa shape index (κ3) is 2.86. The fraction of sp³-hybridized carbons (Fsp3) is 0.333. The molecule has 0 heterocycles. The molecular formula is C9H16OSi. The minimum Gasteiger partial charge on any atom is -0.403 e. The molecule has 0 atom stereocenters. The van der Waals surface area contributed by atoms with Gasteiger partial charge in [-0.3, -0.25) is 0 Å². The van der Waals surface area contributed by atoms with E-state index in [-0.39, 0.29) is 6.10 Å². The summed E-state index contributed by atoms with van der Waals surface area (Å²) in [7, 11) is -1.99. The van der Waals surface area contributed by atoms with E-state index >= 15 is 0 Å². The van der Waals surface area contributed by atoms with E-state index in [1.165, 1.54) is 0 Å². The molecule has 0 bridgehead atoms. The predicted octanol–water partition coefficient (Wildman–Crippen LogP) is 2.53. The van der Waals surface area contributed by atoms with Gasteiger partial charge in [-0.1, -0.05) is 17.1 Å². The van der Waals surface area contributed by atoms with Crippen molar-refractivity contribution in [2.45, 2.75) is 20.0 Å². The molecule has 0 saturated heterocycles. The van der Waals surface area contributed by atoms with Crippen LogP contribution in [0.3, 0.4) is 0 Å². The number of hydrogen-bond donors (Lipinski definition) is 0. The van der Waals surface area contributed by atoms with Gasteiger partial charge in [0.2, 0.25) is 0 Å². The van der Waals surface area contributed by atoms with Crippen LogP contribution in [-0.4, -0.2) is 14.4 Å². The Bertz CT molecular complexity index is 139. The quantitative estimate of drug-likeness (QED) is 0.573. The minimum atomic E-state index is -1.99. The summed E-state index contributed by atoms with van der Waals surface area (Å²) in [5.74, 6) is 0. The van der Waals surface area contributed by atoms with Crippen molar-refractivity contribution in [3.05, 3.63) is 36.8 Å². The van der Waals surface area contributed by atoms with Crippen molar-refractivity contribution in [3.8, 4) is 0 Å². The first-order valence-electron chi connectivity index (χ1n) is 3.69. The molecule has 62 valence electrons. The van der Waals surface area contributed by atoms with Crippen molar-refractivity contribution >= 4 is 8.32 Å². The van der Waals surface area contributed by atoms with Crippen LogP contribution in [0.5, 0.6) is 0 Å². The molecule has 0 unspecified atom stereocenters. The third-order valence-electron chi connectivity index (χ3n) is 1.40. The standard InChI is InChI=1S/C9H16OSi/c1-6-11(7-2,8-3)10-9(4)5/h6-9H,1-3H2,4-5H3. The highest BCUT2D eigenvalue weighted by atomic mass is 28.4. The molecule has 1 nitrogen and oxygen atoms in total. The zero-order valence-electron chi connectivity index (χ0n) is 7.34. The lowest BCUT2D eigenvalue weighted by Gasteiger charge is -2.22. The molecule has 0 N–H and O–H groups in total. The first kappa shape index (κ1) is 10.4. The second-order valence-electron chi connectivity index (χ2n) is 2.63. The molecule has 2 heteroatoms. The van der Waals surface area contributed by atoms with E-state index in [2.05, 4.69) is 19.7 Å². The topological polar surface area (TPSA) is 9.23 Å². The molecule has 0 spiro atoms. The summed E-state index contributed by atoms with van der Waals surface area (Å²) in [6.07, 6.45) is 0.204. The van der Waals surface area contributed by atoms with Gasteiger partial charge in [0, 0.05) is 6.10 Å². The van der Waals surface area contributed by atoms with Gasteiger partial charge in [-0.2, -0.15) is 0 Å². The summed E-state index contributed by atoms with van der Waals surface area (Å²) >= 11 is 0. The largest absolute Gasteiger partial charge is 0.403 e. The van der Waals surface area contributed by atoms with Crippen LogP contribution < -0.4 is 0 Å². The monoisotopic (exact) mass is 168 g/mol. The molecular weight excluding hydrogens is 152 g/mol. The molecule has 0 aliphatic rings. The zero-order chi connectivity index (χ0) is 8.91. The average molecular weight is 168 g/mol. The predicted molar refractivity (Wildman–Crippen MR) is 52.6 cm³/mol. The Kier molecular flexibility index (Phi) is 4.07. The Balaban J connectivity index is 4.41. The van der Waals surface area contributed by atoms with Crippen LogP contribution in [0.4, 0.5) is 0 Å². The Hall–Kier alpha value is -0.603. The van der Waals surface area contributed by atoms with Gasteiger partial charge in [0.15, 0.2) is 0 Å². The molecule has 0 aliphatic heterocycles. The molecule has 0 aromatic carbocycles. The fourth-order valence-corrected chi connectivity index (χ4v) is 2.41. The SMILES string of the molecule is C=C[Si](C=C)(C=C)OC(C)C. The van der Waals surface area contributed by atoms with Gasteiger partial charge >= 0.3 is 0 Å². The van der Waals surface area contributed by atoms with E-state index in [1.54, 1.807) is 0 Å². The second-order valence-corrected chi connectivity index (χ2v) is 5.80. The van der Waals surface area contributed by atoms with Gasteiger partial charge in [-0.25, -0.2) is 0 Å². The van der Waals surface area contributed by atoms with Crippen LogP contribution in [-0.2, 0) is 4.43 Å². The van der Waals surface area contributed by atoms with Crippen molar-refractivity contribution in [3.63, 3.8) is 0 Å². The van der Waals surface area contributed by atoms with E-state index in [0.29, 0.717) is 0 Å². The van der Waals surface area contributed by atoms with E-state index in [1.807, 2.05) is 30.9 Å². The Morgan fingerprint density at radius 1 is 1.09 bits per heavy atom. The van der Waals surface area contributed by atoms with Gasteiger partial charge in [0.05, 0.1) is 0 Å². The van der Waals surface area contributed by atoms with E-state index in [0.717, 1.165) is 0 Å². The van der Waals surface area contributed by atoms with E-state index < -0.39 is 8.32 Å². The number of rotatable bonds is 5. The summed E-state index contributed by atoms with van der Waals surface area (Å²) in [6.45, 7) is 15.2. The highest BCUT2D eigenvalue weighted by molar-refractivity contribution is 6.87. The average Bonchev–Trinajstić information content (AvgIpc) is 2.00. The van der Waals surface area contributed by atoms with Crippen molar-refractivity contribution in [1.82, 2.24) is 0 Å². The first-order chi connectivity index (χ1) is 5.10. The molecule has 0 aromatic rings. The van der Waals surface area contributed by atoms with Gasteiger partial charge in [-0.05, 0) is 13.8 Å². The van der Waals surface area contributed by atoms with E-state index in [4.69, 9.17) is 4.43 Å². The third-order valence-corrected chi connectivity index (χ3v) is 4.19. The van der Waals surface area contributed by atoms with Crippen molar-refractivity contribution in [2.75, 3.05) is 0 Å². The second kappa shape index (κ2) is 4.31. The van der Waals surface area contributed by atoms with Gasteiger partial charge < -0.3 is 4.43 Å². The Morgan fingerprint density at radius 2 is 1.45 bits per heavy atom.